The molecule has 0 saturated carbocycles. The maximum atomic E-state index is 5.64. The molecule has 0 N–H and O–H groups in total. The summed E-state index contributed by atoms with van der Waals surface area (Å²) in [7, 11) is 0. The first kappa shape index (κ1) is 16.5. The first-order valence-corrected chi connectivity index (χ1v) is 7.31. The maximum Gasteiger partial charge on any atom is 0.0614 e. The molecule has 0 aromatic carbocycles. The van der Waals surface area contributed by atoms with Crippen LogP contribution in [0.15, 0.2) is 16.7 Å². The molecule has 2 nitrogen and oxygen atoms in total. The smallest absolute Gasteiger partial charge is 0.0614 e. The van der Waals surface area contributed by atoms with E-state index >= 15 is 0 Å². The summed E-state index contributed by atoms with van der Waals surface area (Å²) in [6, 6.07) is 0. The number of hydrogen-bond acceptors (Lipinski definition) is 2. The van der Waals surface area contributed by atoms with Gasteiger partial charge in [-0.3, -0.25) is 5.01 Å². The van der Waals surface area contributed by atoms with Crippen molar-refractivity contribution in [2.45, 2.75) is 59.3 Å². The van der Waals surface area contributed by atoms with Gasteiger partial charge in [0, 0.05) is 18.6 Å². The van der Waals surface area contributed by atoms with Crippen LogP contribution in [0.3, 0.4) is 0 Å². The number of halogens is 1. The standard InChI is InChI=1S/C14H27ClN2/c1-4-7-12-17(13-8-5-2)16-14(9-6-3)10-11-15/h10-11H,4-9,12-13H2,1-3H3. The molecule has 0 heterocycles. The van der Waals surface area contributed by atoms with E-state index < -0.39 is 0 Å². The molecule has 0 spiro atoms. The molecule has 3 heteroatoms. The molecule has 0 bridgehead atoms. The highest BCUT2D eigenvalue weighted by Gasteiger charge is 2.02. The van der Waals surface area contributed by atoms with Crippen molar-refractivity contribution < 1.29 is 0 Å². The summed E-state index contributed by atoms with van der Waals surface area (Å²) in [4.78, 5) is 0. The highest BCUT2D eigenvalue weighted by Crippen LogP contribution is 2.04. The van der Waals surface area contributed by atoms with Crippen molar-refractivity contribution in [1.82, 2.24) is 5.01 Å². The minimum atomic E-state index is 0.998. The normalized spacial score (nSPS) is 12.4. The fourth-order valence-corrected chi connectivity index (χ4v) is 1.72. The lowest BCUT2D eigenvalue weighted by Crippen LogP contribution is -2.22. The lowest BCUT2D eigenvalue weighted by molar-refractivity contribution is 0.278. The van der Waals surface area contributed by atoms with Crippen LogP contribution in [0.4, 0.5) is 0 Å². The van der Waals surface area contributed by atoms with E-state index in [1.807, 2.05) is 6.08 Å². The number of unbranched alkanes of at least 4 members (excludes halogenated alkanes) is 2. The van der Waals surface area contributed by atoms with Crippen molar-refractivity contribution in [3.63, 3.8) is 0 Å². The summed E-state index contributed by atoms with van der Waals surface area (Å²) in [5.74, 6) is 0. The molecule has 0 atom stereocenters. The van der Waals surface area contributed by atoms with Crippen LogP contribution < -0.4 is 0 Å². The zero-order valence-corrected chi connectivity index (χ0v) is 12.3. The van der Waals surface area contributed by atoms with Gasteiger partial charge in [0.15, 0.2) is 0 Å². The summed E-state index contributed by atoms with van der Waals surface area (Å²) in [5.41, 5.74) is 2.65. The molecule has 0 unspecified atom stereocenters. The zero-order valence-electron chi connectivity index (χ0n) is 11.6. The molecule has 0 fully saturated rings. The third-order valence-corrected chi connectivity index (χ3v) is 2.70. The molecule has 100 valence electrons. The molecular weight excluding hydrogens is 232 g/mol. The van der Waals surface area contributed by atoms with Crippen LogP contribution in [0, 0.1) is 0 Å². The van der Waals surface area contributed by atoms with Crippen molar-refractivity contribution in [2.75, 3.05) is 13.1 Å². The topological polar surface area (TPSA) is 15.6 Å². The predicted molar refractivity (Wildman–Crippen MR) is 78.7 cm³/mol. The van der Waals surface area contributed by atoms with Gasteiger partial charge in [-0.15, -0.1) is 0 Å². The van der Waals surface area contributed by atoms with Crippen molar-refractivity contribution in [2.24, 2.45) is 5.10 Å². The second kappa shape index (κ2) is 12.0. The van der Waals surface area contributed by atoms with Crippen LogP contribution in [-0.4, -0.2) is 23.8 Å². The van der Waals surface area contributed by atoms with Gasteiger partial charge in [0.05, 0.1) is 5.71 Å². The largest absolute Gasteiger partial charge is 0.297 e. The van der Waals surface area contributed by atoms with Gasteiger partial charge in [-0.25, -0.2) is 0 Å². The Morgan fingerprint density at radius 3 is 2.06 bits per heavy atom. The summed E-state index contributed by atoms with van der Waals surface area (Å²) in [5, 5.41) is 6.91. The molecule has 0 radical (unpaired) electrons. The van der Waals surface area contributed by atoms with E-state index in [9.17, 15) is 0 Å². The minimum Gasteiger partial charge on any atom is -0.297 e. The molecule has 0 aliphatic carbocycles. The van der Waals surface area contributed by atoms with Crippen LogP contribution in [-0.2, 0) is 0 Å². The first-order chi connectivity index (χ1) is 8.28. The number of rotatable bonds is 10. The minimum absolute atomic E-state index is 0.998. The third kappa shape index (κ3) is 9.22. The molecule has 0 saturated heterocycles. The van der Waals surface area contributed by atoms with Crippen molar-refractivity contribution in [3.8, 4) is 0 Å². The lowest BCUT2D eigenvalue weighted by atomic mass is 10.2. The second-order valence-electron chi connectivity index (χ2n) is 4.29. The van der Waals surface area contributed by atoms with Crippen molar-refractivity contribution in [3.05, 3.63) is 11.6 Å². The van der Waals surface area contributed by atoms with Gasteiger partial charge in [0.25, 0.3) is 0 Å². The van der Waals surface area contributed by atoms with E-state index in [2.05, 4.69) is 25.8 Å². The van der Waals surface area contributed by atoms with Crippen LogP contribution >= 0.6 is 11.6 Å². The van der Waals surface area contributed by atoms with Gasteiger partial charge >= 0.3 is 0 Å². The first-order valence-electron chi connectivity index (χ1n) is 6.87. The Hall–Kier alpha value is -0.500. The highest BCUT2D eigenvalue weighted by atomic mass is 35.5. The third-order valence-electron chi connectivity index (χ3n) is 2.57. The fraction of sp³-hybridized carbons (Fsp3) is 0.786. The SMILES string of the molecule is CCCCN(CCCC)N=C(C=CCl)CCC. The molecule has 0 aliphatic heterocycles. The Kier molecular flexibility index (Phi) is 11.6. The van der Waals surface area contributed by atoms with E-state index in [1.165, 1.54) is 25.7 Å². The van der Waals surface area contributed by atoms with E-state index in [0.29, 0.717) is 0 Å². The van der Waals surface area contributed by atoms with Crippen LogP contribution in [0.25, 0.3) is 0 Å². The number of nitrogens with zero attached hydrogens (tertiary/aromatic N) is 2. The Labute approximate surface area is 112 Å². The van der Waals surface area contributed by atoms with E-state index in [4.69, 9.17) is 16.7 Å². The van der Waals surface area contributed by atoms with Gasteiger partial charge in [-0.2, -0.15) is 5.10 Å². The fourth-order valence-electron chi connectivity index (χ4n) is 1.57. The molecule has 0 amide bonds. The number of allylic oxidation sites excluding steroid dienone is 1. The molecule has 0 aromatic heterocycles. The summed E-state index contributed by atoms with van der Waals surface area (Å²) in [6.07, 6.45) is 8.86. The van der Waals surface area contributed by atoms with E-state index in [-0.39, 0.29) is 0 Å². The molecule has 0 aliphatic rings. The molecular formula is C14H27ClN2. The van der Waals surface area contributed by atoms with Crippen LogP contribution in [0.5, 0.6) is 0 Å². The van der Waals surface area contributed by atoms with Gasteiger partial charge < -0.3 is 0 Å². The van der Waals surface area contributed by atoms with Crippen LogP contribution in [0.1, 0.15) is 59.3 Å². The van der Waals surface area contributed by atoms with E-state index in [1.54, 1.807) is 5.54 Å². The Morgan fingerprint density at radius 2 is 1.65 bits per heavy atom. The Morgan fingerprint density at radius 1 is 1.06 bits per heavy atom. The Balaban J connectivity index is 4.44. The van der Waals surface area contributed by atoms with Gasteiger partial charge in [0.1, 0.15) is 0 Å². The molecule has 17 heavy (non-hydrogen) atoms. The van der Waals surface area contributed by atoms with Gasteiger partial charge in [-0.1, -0.05) is 51.6 Å². The Bertz CT molecular complexity index is 216. The summed E-state index contributed by atoms with van der Waals surface area (Å²) < 4.78 is 0. The lowest BCUT2D eigenvalue weighted by Gasteiger charge is -2.19. The second-order valence-corrected chi connectivity index (χ2v) is 4.55. The van der Waals surface area contributed by atoms with Crippen molar-refractivity contribution in [1.29, 1.82) is 0 Å². The summed E-state index contributed by atoms with van der Waals surface area (Å²) in [6.45, 7) is 8.71. The average molecular weight is 259 g/mol. The zero-order chi connectivity index (χ0) is 12.9. The highest BCUT2D eigenvalue weighted by molar-refractivity contribution is 6.27. The van der Waals surface area contributed by atoms with Gasteiger partial charge in [0.2, 0.25) is 0 Å². The summed E-state index contributed by atoms with van der Waals surface area (Å²) >= 11 is 5.64. The monoisotopic (exact) mass is 258 g/mol. The quantitative estimate of drug-likeness (QED) is 0.406. The van der Waals surface area contributed by atoms with Gasteiger partial charge in [-0.05, 0) is 25.3 Å². The molecule has 0 rings (SSSR count). The average Bonchev–Trinajstić information content (AvgIpc) is 2.33. The number of hydrazone groups is 1. The predicted octanol–water partition coefficient (Wildman–Crippen LogP) is 4.80. The molecule has 0 aromatic rings. The number of hydrogen-bond donors (Lipinski definition) is 0. The van der Waals surface area contributed by atoms with Crippen molar-refractivity contribution >= 4 is 17.3 Å². The van der Waals surface area contributed by atoms with E-state index in [0.717, 1.165) is 31.6 Å². The van der Waals surface area contributed by atoms with Crippen LogP contribution in [0.2, 0.25) is 0 Å². The maximum absolute atomic E-state index is 5.64.